The molecule has 1 aliphatic heterocycles. The minimum absolute atomic E-state index is 0.0107. The van der Waals surface area contributed by atoms with Crippen LogP contribution in [0.4, 0.5) is 10.5 Å². The summed E-state index contributed by atoms with van der Waals surface area (Å²) in [5.41, 5.74) is 2.21. The zero-order chi connectivity index (χ0) is 19.8. The number of benzene rings is 1. The second-order valence-corrected chi connectivity index (χ2v) is 7.05. The van der Waals surface area contributed by atoms with Crippen molar-refractivity contribution in [1.29, 1.82) is 0 Å². The average Bonchev–Trinajstić information content (AvgIpc) is 2.86. The van der Waals surface area contributed by atoms with Crippen LogP contribution in [0.3, 0.4) is 0 Å². The summed E-state index contributed by atoms with van der Waals surface area (Å²) < 4.78 is 5.57. The van der Waals surface area contributed by atoms with Crippen LogP contribution in [0.15, 0.2) is 18.2 Å². The highest BCUT2D eigenvalue weighted by atomic mass is 16.5. The van der Waals surface area contributed by atoms with E-state index in [0.29, 0.717) is 37.5 Å². The van der Waals surface area contributed by atoms with Crippen LogP contribution < -0.4 is 10.6 Å². The van der Waals surface area contributed by atoms with Gasteiger partial charge in [0.15, 0.2) is 0 Å². The predicted octanol–water partition coefficient (Wildman–Crippen LogP) is 2.18. The lowest BCUT2D eigenvalue weighted by Crippen LogP contribution is -2.38. The second-order valence-electron chi connectivity index (χ2n) is 7.05. The topological polar surface area (TPSA) is 73.9 Å². The fourth-order valence-corrected chi connectivity index (χ4v) is 3.21. The van der Waals surface area contributed by atoms with Crippen molar-refractivity contribution in [1.82, 2.24) is 15.1 Å². The molecule has 1 saturated heterocycles. The molecule has 1 aliphatic rings. The Kier molecular flexibility index (Phi) is 8.06. The Labute approximate surface area is 162 Å². The first-order chi connectivity index (χ1) is 12.9. The van der Waals surface area contributed by atoms with Gasteiger partial charge in [-0.2, -0.15) is 0 Å². The van der Waals surface area contributed by atoms with E-state index in [1.54, 1.807) is 17.0 Å². The van der Waals surface area contributed by atoms with Gasteiger partial charge in [-0.15, -0.1) is 0 Å². The van der Waals surface area contributed by atoms with E-state index in [1.807, 2.05) is 26.8 Å². The molecule has 7 nitrogen and oxygen atoms in total. The van der Waals surface area contributed by atoms with E-state index >= 15 is 0 Å². The number of nitrogens with one attached hydrogen (secondary N) is 2. The Morgan fingerprint density at radius 2 is 2.04 bits per heavy atom. The number of hydrogen-bond donors (Lipinski definition) is 2. The van der Waals surface area contributed by atoms with E-state index in [0.717, 1.165) is 25.3 Å². The number of hydrogen-bond acceptors (Lipinski definition) is 4. The third-order valence-corrected chi connectivity index (χ3v) is 4.86. The molecule has 1 heterocycles. The van der Waals surface area contributed by atoms with Crippen molar-refractivity contribution < 1.29 is 14.3 Å². The van der Waals surface area contributed by atoms with E-state index in [9.17, 15) is 9.59 Å². The van der Waals surface area contributed by atoms with Crippen LogP contribution in [0, 0.1) is 12.8 Å². The Morgan fingerprint density at radius 1 is 1.30 bits per heavy atom. The van der Waals surface area contributed by atoms with E-state index in [2.05, 4.69) is 22.6 Å². The molecule has 0 aromatic heterocycles. The van der Waals surface area contributed by atoms with Crippen LogP contribution in [-0.4, -0.2) is 74.7 Å². The van der Waals surface area contributed by atoms with Gasteiger partial charge < -0.3 is 25.2 Å². The first-order valence-electron chi connectivity index (χ1n) is 9.65. The number of aryl methyl sites for hydroxylation is 1. The SMILES string of the molecule is CCN(CC)C(=O)c1ccc(NC(=O)NC[C@@H]2COCCN(C)C2)c(C)c1. The van der Waals surface area contributed by atoms with Gasteiger partial charge in [0, 0.05) is 49.9 Å². The van der Waals surface area contributed by atoms with Gasteiger partial charge in [0.2, 0.25) is 0 Å². The fourth-order valence-electron chi connectivity index (χ4n) is 3.21. The van der Waals surface area contributed by atoms with Crippen LogP contribution in [0.1, 0.15) is 29.8 Å². The first kappa shape index (κ1) is 21.2. The maximum absolute atomic E-state index is 12.4. The molecule has 0 radical (unpaired) electrons. The van der Waals surface area contributed by atoms with Crippen molar-refractivity contribution in [3.8, 4) is 0 Å². The van der Waals surface area contributed by atoms with E-state index in [-0.39, 0.29) is 17.9 Å². The van der Waals surface area contributed by atoms with Gasteiger partial charge in [-0.05, 0) is 51.6 Å². The van der Waals surface area contributed by atoms with Gasteiger partial charge >= 0.3 is 6.03 Å². The number of carbonyl (C=O) groups is 2. The van der Waals surface area contributed by atoms with Gasteiger partial charge in [0.25, 0.3) is 5.91 Å². The zero-order valence-electron chi connectivity index (χ0n) is 16.9. The molecule has 7 heteroatoms. The third kappa shape index (κ3) is 6.22. The molecule has 0 unspecified atom stereocenters. The maximum atomic E-state index is 12.4. The summed E-state index contributed by atoms with van der Waals surface area (Å²) in [7, 11) is 2.06. The summed E-state index contributed by atoms with van der Waals surface area (Å²) in [4.78, 5) is 28.7. The predicted molar refractivity (Wildman–Crippen MR) is 107 cm³/mol. The molecular weight excluding hydrogens is 344 g/mol. The molecule has 2 rings (SSSR count). The molecule has 150 valence electrons. The number of likely N-dealkylation sites (N-methyl/N-ethyl adjacent to an activating group) is 1. The largest absolute Gasteiger partial charge is 0.380 e. The van der Waals surface area contributed by atoms with E-state index < -0.39 is 0 Å². The summed E-state index contributed by atoms with van der Waals surface area (Å²) in [6.07, 6.45) is 0. The Balaban J connectivity index is 1.90. The number of nitrogens with zero attached hydrogens (tertiary/aromatic N) is 2. The molecule has 1 atom stereocenters. The average molecular weight is 377 g/mol. The monoisotopic (exact) mass is 376 g/mol. The molecular formula is C20H32N4O3. The van der Waals surface area contributed by atoms with E-state index in [1.165, 1.54) is 0 Å². The smallest absolute Gasteiger partial charge is 0.319 e. The summed E-state index contributed by atoms with van der Waals surface area (Å²) in [5, 5.41) is 5.79. The lowest BCUT2D eigenvalue weighted by atomic mass is 10.1. The van der Waals surface area contributed by atoms with Crippen LogP contribution in [0.2, 0.25) is 0 Å². The zero-order valence-corrected chi connectivity index (χ0v) is 16.9. The van der Waals surface area contributed by atoms with Crippen LogP contribution in [-0.2, 0) is 4.74 Å². The Bertz CT molecular complexity index is 646. The lowest BCUT2D eigenvalue weighted by molar-refractivity contribution is 0.0773. The molecule has 0 bridgehead atoms. The van der Waals surface area contributed by atoms with Crippen molar-refractivity contribution in [3.05, 3.63) is 29.3 Å². The second kappa shape index (κ2) is 10.3. The fraction of sp³-hybridized carbons (Fsp3) is 0.600. The van der Waals surface area contributed by atoms with Crippen LogP contribution in [0.25, 0.3) is 0 Å². The molecule has 0 spiro atoms. The van der Waals surface area contributed by atoms with Crippen molar-refractivity contribution in [3.63, 3.8) is 0 Å². The van der Waals surface area contributed by atoms with Crippen molar-refractivity contribution in [2.24, 2.45) is 5.92 Å². The number of carbonyl (C=O) groups excluding carboxylic acids is 2. The number of rotatable bonds is 6. The minimum Gasteiger partial charge on any atom is -0.380 e. The lowest BCUT2D eigenvalue weighted by Gasteiger charge is -2.20. The summed E-state index contributed by atoms with van der Waals surface area (Å²) in [6, 6.07) is 5.13. The number of anilines is 1. The molecule has 3 amide bonds. The first-order valence-corrected chi connectivity index (χ1v) is 9.65. The molecule has 27 heavy (non-hydrogen) atoms. The van der Waals surface area contributed by atoms with Gasteiger partial charge in [0.05, 0.1) is 13.2 Å². The summed E-state index contributed by atoms with van der Waals surface area (Å²) in [5.74, 6) is 0.287. The van der Waals surface area contributed by atoms with Crippen molar-refractivity contribution >= 4 is 17.6 Å². The summed E-state index contributed by atoms with van der Waals surface area (Å²) >= 11 is 0. The minimum atomic E-state index is -0.243. The van der Waals surface area contributed by atoms with Crippen LogP contribution in [0.5, 0.6) is 0 Å². The normalized spacial score (nSPS) is 17.9. The molecule has 0 aliphatic carbocycles. The maximum Gasteiger partial charge on any atom is 0.319 e. The molecule has 1 aromatic rings. The van der Waals surface area contributed by atoms with Crippen molar-refractivity contribution in [2.45, 2.75) is 20.8 Å². The molecule has 0 saturated carbocycles. The van der Waals surface area contributed by atoms with Crippen LogP contribution >= 0.6 is 0 Å². The molecule has 1 fully saturated rings. The number of amides is 3. The molecule has 1 aromatic carbocycles. The number of ether oxygens (including phenoxy) is 1. The third-order valence-electron chi connectivity index (χ3n) is 4.86. The van der Waals surface area contributed by atoms with E-state index in [4.69, 9.17) is 4.74 Å². The highest BCUT2D eigenvalue weighted by molar-refractivity contribution is 5.96. The standard InChI is InChI=1S/C20H32N4O3/c1-5-24(6-2)19(25)17-7-8-18(15(3)11-17)22-20(26)21-12-16-13-23(4)9-10-27-14-16/h7-8,11,16H,5-6,9-10,12-14H2,1-4H3,(H2,21,22,26)/t16-/m0/s1. The molecule has 2 N–H and O–H groups in total. The summed E-state index contributed by atoms with van der Waals surface area (Å²) in [6.45, 7) is 11.0. The highest BCUT2D eigenvalue weighted by Crippen LogP contribution is 2.18. The van der Waals surface area contributed by atoms with Gasteiger partial charge in [-0.1, -0.05) is 0 Å². The van der Waals surface area contributed by atoms with Gasteiger partial charge in [-0.3, -0.25) is 4.79 Å². The van der Waals surface area contributed by atoms with Crippen molar-refractivity contribution in [2.75, 3.05) is 58.3 Å². The quantitative estimate of drug-likeness (QED) is 0.798. The Hall–Kier alpha value is -2.12. The number of urea groups is 1. The highest BCUT2D eigenvalue weighted by Gasteiger charge is 2.17. The van der Waals surface area contributed by atoms with Gasteiger partial charge in [0.1, 0.15) is 0 Å². The van der Waals surface area contributed by atoms with Gasteiger partial charge in [-0.25, -0.2) is 4.79 Å². The Morgan fingerprint density at radius 3 is 2.70 bits per heavy atom.